The molecule has 0 saturated carbocycles. The summed E-state index contributed by atoms with van der Waals surface area (Å²) in [5, 5.41) is 9.46. The number of nitrogens with zero attached hydrogens (tertiary/aromatic N) is 3. The first-order valence-corrected chi connectivity index (χ1v) is 7.42. The highest BCUT2D eigenvalue weighted by Gasteiger charge is 2.14. The summed E-state index contributed by atoms with van der Waals surface area (Å²) in [5.74, 6) is 0.615. The fraction of sp³-hybridized carbons (Fsp3) is 0.308. The maximum atomic E-state index is 11.3. The predicted molar refractivity (Wildman–Crippen MR) is 78.8 cm³/mol. The molecule has 0 amide bonds. The van der Waals surface area contributed by atoms with Gasteiger partial charge >= 0.3 is 5.97 Å². The van der Waals surface area contributed by atoms with E-state index in [-0.39, 0.29) is 11.7 Å². The van der Waals surface area contributed by atoms with E-state index in [4.69, 9.17) is 16.3 Å². The minimum Gasteiger partial charge on any atom is -0.465 e. The predicted octanol–water partition coefficient (Wildman–Crippen LogP) is 2.79. The molecule has 0 aliphatic carbocycles. The zero-order valence-electron chi connectivity index (χ0n) is 11.2. The van der Waals surface area contributed by atoms with Gasteiger partial charge in [0.2, 0.25) is 0 Å². The number of carbonyl (C=O) groups excluding carboxylic acids is 1. The summed E-state index contributed by atoms with van der Waals surface area (Å²) in [6, 6.07) is 7.43. The highest BCUT2D eigenvalue weighted by atomic mass is 35.5. The van der Waals surface area contributed by atoms with Crippen LogP contribution in [0.5, 0.6) is 0 Å². The molecule has 0 radical (unpaired) electrons. The molecule has 0 saturated heterocycles. The van der Waals surface area contributed by atoms with Gasteiger partial charge in [0, 0.05) is 12.6 Å². The first-order valence-electron chi connectivity index (χ1n) is 6.06. The number of halogens is 1. The Morgan fingerprint density at radius 2 is 2.15 bits per heavy atom. The van der Waals surface area contributed by atoms with Crippen LogP contribution in [-0.2, 0) is 16.6 Å². The first kappa shape index (κ1) is 14.9. The zero-order valence-corrected chi connectivity index (χ0v) is 12.7. The molecular weight excluding hydrogens is 298 g/mol. The van der Waals surface area contributed by atoms with Crippen molar-refractivity contribution in [1.29, 1.82) is 0 Å². The molecule has 2 rings (SSSR count). The molecule has 0 fully saturated rings. The Kier molecular flexibility index (Phi) is 5.03. The number of thioether (sulfide) groups is 1. The quantitative estimate of drug-likeness (QED) is 0.628. The number of esters is 1. The lowest BCUT2D eigenvalue weighted by molar-refractivity contribution is -0.139. The fourth-order valence-corrected chi connectivity index (χ4v) is 2.57. The van der Waals surface area contributed by atoms with Crippen molar-refractivity contribution in [2.24, 2.45) is 7.05 Å². The zero-order chi connectivity index (χ0) is 14.5. The number of ether oxygens (including phenoxy) is 1. The second kappa shape index (κ2) is 6.76. The normalized spacial score (nSPS) is 10.6. The molecule has 0 aliphatic heterocycles. The van der Waals surface area contributed by atoms with Gasteiger partial charge in [0.1, 0.15) is 0 Å². The first-order chi connectivity index (χ1) is 9.63. The van der Waals surface area contributed by atoms with Crippen LogP contribution >= 0.6 is 23.4 Å². The Morgan fingerprint density at radius 3 is 2.85 bits per heavy atom. The van der Waals surface area contributed by atoms with Crippen LogP contribution in [0.1, 0.15) is 6.92 Å². The maximum absolute atomic E-state index is 11.3. The molecule has 1 aromatic heterocycles. The van der Waals surface area contributed by atoms with Crippen LogP contribution < -0.4 is 0 Å². The standard InChI is InChI=1S/C13H14ClN3O2S/c1-3-19-11(18)8-20-13-16-15-12(17(13)2)9-6-4-5-7-10(9)14/h4-7H,3,8H2,1-2H3. The van der Waals surface area contributed by atoms with Gasteiger partial charge in [-0.25, -0.2) is 0 Å². The molecule has 5 nitrogen and oxygen atoms in total. The fourth-order valence-electron chi connectivity index (χ4n) is 1.64. The third-order valence-corrected chi connectivity index (χ3v) is 3.90. The highest BCUT2D eigenvalue weighted by Crippen LogP contribution is 2.28. The van der Waals surface area contributed by atoms with Crippen LogP contribution in [-0.4, -0.2) is 33.1 Å². The SMILES string of the molecule is CCOC(=O)CSc1nnc(-c2ccccc2Cl)n1C. The summed E-state index contributed by atoms with van der Waals surface area (Å²) in [7, 11) is 1.84. The Labute approximate surface area is 126 Å². The van der Waals surface area contributed by atoms with Gasteiger partial charge < -0.3 is 9.30 Å². The second-order valence-corrected chi connectivity index (χ2v) is 5.29. The van der Waals surface area contributed by atoms with Crippen molar-refractivity contribution in [3.05, 3.63) is 29.3 Å². The van der Waals surface area contributed by atoms with Crippen molar-refractivity contribution in [2.45, 2.75) is 12.1 Å². The van der Waals surface area contributed by atoms with Crippen molar-refractivity contribution < 1.29 is 9.53 Å². The Morgan fingerprint density at radius 1 is 1.40 bits per heavy atom. The molecule has 20 heavy (non-hydrogen) atoms. The number of hydrogen-bond acceptors (Lipinski definition) is 5. The van der Waals surface area contributed by atoms with E-state index in [0.29, 0.717) is 22.6 Å². The largest absolute Gasteiger partial charge is 0.465 e. The lowest BCUT2D eigenvalue weighted by Crippen LogP contribution is -2.07. The number of hydrogen-bond donors (Lipinski definition) is 0. The smallest absolute Gasteiger partial charge is 0.316 e. The van der Waals surface area contributed by atoms with Gasteiger partial charge in [-0.3, -0.25) is 4.79 Å². The lowest BCUT2D eigenvalue weighted by atomic mass is 10.2. The van der Waals surface area contributed by atoms with Gasteiger partial charge in [-0.1, -0.05) is 35.5 Å². The minimum absolute atomic E-state index is 0.211. The second-order valence-electron chi connectivity index (χ2n) is 3.94. The van der Waals surface area contributed by atoms with Gasteiger partial charge in [0.05, 0.1) is 17.4 Å². The van der Waals surface area contributed by atoms with E-state index in [1.807, 2.05) is 29.8 Å². The van der Waals surface area contributed by atoms with Gasteiger partial charge in [-0.05, 0) is 19.1 Å². The molecule has 0 atom stereocenters. The van der Waals surface area contributed by atoms with Gasteiger partial charge in [0.15, 0.2) is 11.0 Å². The Balaban J connectivity index is 2.15. The molecule has 1 heterocycles. The summed E-state index contributed by atoms with van der Waals surface area (Å²) in [4.78, 5) is 11.3. The molecule has 0 bridgehead atoms. The van der Waals surface area contributed by atoms with Gasteiger partial charge in [-0.15, -0.1) is 10.2 Å². The highest BCUT2D eigenvalue weighted by molar-refractivity contribution is 7.99. The van der Waals surface area contributed by atoms with Crippen LogP contribution in [0.2, 0.25) is 5.02 Å². The van der Waals surface area contributed by atoms with E-state index in [2.05, 4.69) is 10.2 Å². The van der Waals surface area contributed by atoms with Crippen LogP contribution in [0.3, 0.4) is 0 Å². The maximum Gasteiger partial charge on any atom is 0.316 e. The molecule has 0 spiro atoms. The monoisotopic (exact) mass is 311 g/mol. The van der Waals surface area contributed by atoms with E-state index < -0.39 is 0 Å². The molecule has 106 valence electrons. The summed E-state index contributed by atoms with van der Waals surface area (Å²) in [5.41, 5.74) is 0.812. The van der Waals surface area contributed by atoms with Crippen LogP contribution in [0.15, 0.2) is 29.4 Å². The summed E-state index contributed by atoms with van der Waals surface area (Å²) < 4.78 is 6.69. The van der Waals surface area contributed by atoms with E-state index in [1.165, 1.54) is 11.8 Å². The molecular formula is C13H14ClN3O2S. The number of rotatable bonds is 5. The molecule has 0 N–H and O–H groups in total. The average Bonchev–Trinajstić information content (AvgIpc) is 2.79. The Bertz CT molecular complexity index is 615. The summed E-state index contributed by atoms with van der Waals surface area (Å²) in [6.45, 7) is 2.16. The Hall–Kier alpha value is -1.53. The van der Waals surface area contributed by atoms with E-state index in [9.17, 15) is 4.79 Å². The molecule has 2 aromatic rings. The molecule has 1 aromatic carbocycles. The van der Waals surface area contributed by atoms with Crippen LogP contribution in [0, 0.1) is 0 Å². The van der Waals surface area contributed by atoms with Crippen molar-refractivity contribution in [1.82, 2.24) is 14.8 Å². The number of benzene rings is 1. The molecule has 7 heteroatoms. The van der Waals surface area contributed by atoms with E-state index in [1.54, 1.807) is 13.0 Å². The molecule has 0 unspecified atom stereocenters. The van der Waals surface area contributed by atoms with Crippen LogP contribution in [0.4, 0.5) is 0 Å². The van der Waals surface area contributed by atoms with Crippen molar-refractivity contribution in [3.63, 3.8) is 0 Å². The van der Waals surface area contributed by atoms with E-state index >= 15 is 0 Å². The summed E-state index contributed by atoms with van der Waals surface area (Å²) in [6.07, 6.45) is 0. The topological polar surface area (TPSA) is 57.0 Å². The van der Waals surface area contributed by atoms with Crippen molar-refractivity contribution in [2.75, 3.05) is 12.4 Å². The van der Waals surface area contributed by atoms with Crippen molar-refractivity contribution in [3.8, 4) is 11.4 Å². The average molecular weight is 312 g/mol. The van der Waals surface area contributed by atoms with Crippen LogP contribution in [0.25, 0.3) is 11.4 Å². The number of aromatic nitrogens is 3. The van der Waals surface area contributed by atoms with Gasteiger partial charge in [0.25, 0.3) is 0 Å². The minimum atomic E-state index is -0.264. The van der Waals surface area contributed by atoms with E-state index in [0.717, 1.165) is 5.56 Å². The summed E-state index contributed by atoms with van der Waals surface area (Å²) >= 11 is 7.43. The lowest BCUT2D eigenvalue weighted by Gasteiger charge is -2.05. The van der Waals surface area contributed by atoms with Gasteiger partial charge in [-0.2, -0.15) is 0 Å². The number of carbonyl (C=O) groups is 1. The molecule has 0 aliphatic rings. The third-order valence-electron chi connectivity index (χ3n) is 2.57. The third kappa shape index (κ3) is 3.32. The van der Waals surface area contributed by atoms with Crippen molar-refractivity contribution >= 4 is 29.3 Å².